The topological polar surface area (TPSA) is 49.2 Å². The van der Waals surface area contributed by atoms with Gasteiger partial charge < -0.3 is 5.11 Å². The maximum atomic E-state index is 12.2. The SMILES string of the molecule is OCCN(Cc1cnccn1)CC(F)(F)F. The first-order valence-electron chi connectivity index (χ1n) is 4.66. The molecule has 1 N–H and O–H groups in total. The van der Waals surface area contributed by atoms with E-state index < -0.39 is 12.7 Å². The van der Waals surface area contributed by atoms with Crippen molar-refractivity contribution in [3.63, 3.8) is 0 Å². The molecule has 1 rings (SSSR count). The van der Waals surface area contributed by atoms with Crippen molar-refractivity contribution in [3.05, 3.63) is 24.3 Å². The standard InChI is InChI=1S/C9H12F3N3O/c10-9(11,12)7-15(3-4-16)6-8-5-13-1-2-14-8/h1-2,5,16H,3-4,6-7H2. The molecule has 0 amide bonds. The van der Waals surface area contributed by atoms with Gasteiger partial charge in [-0.2, -0.15) is 13.2 Å². The lowest BCUT2D eigenvalue weighted by molar-refractivity contribution is -0.148. The van der Waals surface area contributed by atoms with Crippen LogP contribution in [0.3, 0.4) is 0 Å². The molecule has 90 valence electrons. The molecule has 0 aliphatic rings. The predicted octanol–water partition coefficient (Wildman–Crippen LogP) is 0.833. The first kappa shape index (κ1) is 12.9. The van der Waals surface area contributed by atoms with Gasteiger partial charge in [0.15, 0.2) is 0 Å². The van der Waals surface area contributed by atoms with Crippen molar-refractivity contribution >= 4 is 0 Å². The maximum absolute atomic E-state index is 12.2. The predicted molar refractivity (Wildman–Crippen MR) is 50.4 cm³/mol. The lowest BCUT2D eigenvalue weighted by Gasteiger charge is -2.21. The van der Waals surface area contributed by atoms with Gasteiger partial charge in [-0.25, -0.2) is 0 Å². The minimum Gasteiger partial charge on any atom is -0.395 e. The third-order valence-corrected chi connectivity index (χ3v) is 1.82. The highest BCUT2D eigenvalue weighted by Crippen LogP contribution is 2.17. The van der Waals surface area contributed by atoms with E-state index in [0.717, 1.165) is 4.90 Å². The molecule has 16 heavy (non-hydrogen) atoms. The average Bonchev–Trinajstić information content (AvgIpc) is 2.17. The Balaban J connectivity index is 2.58. The van der Waals surface area contributed by atoms with Crippen molar-refractivity contribution in [1.29, 1.82) is 0 Å². The van der Waals surface area contributed by atoms with Gasteiger partial charge in [-0.15, -0.1) is 0 Å². The van der Waals surface area contributed by atoms with E-state index >= 15 is 0 Å². The summed E-state index contributed by atoms with van der Waals surface area (Å²) in [5.41, 5.74) is 0.445. The zero-order chi connectivity index (χ0) is 12.0. The van der Waals surface area contributed by atoms with E-state index in [-0.39, 0.29) is 19.7 Å². The van der Waals surface area contributed by atoms with Gasteiger partial charge in [0.05, 0.1) is 18.8 Å². The first-order chi connectivity index (χ1) is 7.51. The van der Waals surface area contributed by atoms with E-state index in [2.05, 4.69) is 9.97 Å². The van der Waals surface area contributed by atoms with E-state index in [1.807, 2.05) is 0 Å². The second kappa shape index (κ2) is 5.76. The Labute approximate surface area is 90.7 Å². The fourth-order valence-electron chi connectivity index (χ4n) is 1.25. The molecule has 0 aliphatic heterocycles. The van der Waals surface area contributed by atoms with Crippen molar-refractivity contribution in [3.8, 4) is 0 Å². The third kappa shape index (κ3) is 5.04. The number of halogens is 3. The van der Waals surface area contributed by atoms with Gasteiger partial charge in [0, 0.05) is 31.7 Å². The molecule has 0 fully saturated rings. The zero-order valence-corrected chi connectivity index (χ0v) is 8.48. The zero-order valence-electron chi connectivity index (χ0n) is 8.48. The van der Waals surface area contributed by atoms with Crippen LogP contribution < -0.4 is 0 Å². The van der Waals surface area contributed by atoms with Crippen LogP contribution in [0.2, 0.25) is 0 Å². The van der Waals surface area contributed by atoms with E-state index in [0.29, 0.717) is 5.69 Å². The molecule has 1 heterocycles. The van der Waals surface area contributed by atoms with E-state index in [1.54, 1.807) is 0 Å². The minimum absolute atomic E-state index is 0.0217. The van der Waals surface area contributed by atoms with Gasteiger partial charge in [0.25, 0.3) is 0 Å². The highest BCUT2D eigenvalue weighted by molar-refractivity contribution is 4.94. The normalized spacial score (nSPS) is 12.1. The van der Waals surface area contributed by atoms with Crippen molar-refractivity contribution in [2.45, 2.75) is 12.7 Å². The molecule has 0 atom stereocenters. The molecular weight excluding hydrogens is 223 g/mol. The lowest BCUT2D eigenvalue weighted by atomic mass is 10.3. The largest absolute Gasteiger partial charge is 0.401 e. The van der Waals surface area contributed by atoms with Gasteiger partial charge in [0.1, 0.15) is 0 Å². The number of aliphatic hydroxyl groups is 1. The summed E-state index contributed by atoms with van der Waals surface area (Å²) in [4.78, 5) is 8.71. The van der Waals surface area contributed by atoms with Crippen LogP contribution in [0.4, 0.5) is 13.2 Å². The summed E-state index contributed by atoms with van der Waals surface area (Å²) in [6.45, 7) is -1.41. The van der Waals surface area contributed by atoms with E-state index in [1.165, 1.54) is 18.6 Å². The van der Waals surface area contributed by atoms with Crippen molar-refractivity contribution in [2.75, 3.05) is 19.7 Å². The van der Waals surface area contributed by atoms with Crippen LogP contribution in [0.25, 0.3) is 0 Å². The lowest BCUT2D eigenvalue weighted by Crippen LogP contribution is -2.36. The Morgan fingerprint density at radius 1 is 1.31 bits per heavy atom. The van der Waals surface area contributed by atoms with Crippen molar-refractivity contribution in [2.24, 2.45) is 0 Å². The van der Waals surface area contributed by atoms with E-state index in [9.17, 15) is 13.2 Å². The molecule has 0 radical (unpaired) electrons. The molecule has 7 heteroatoms. The molecule has 4 nitrogen and oxygen atoms in total. The second-order valence-electron chi connectivity index (χ2n) is 3.25. The smallest absolute Gasteiger partial charge is 0.395 e. The number of rotatable bonds is 5. The number of nitrogens with zero attached hydrogens (tertiary/aromatic N) is 3. The molecule has 0 aliphatic carbocycles. The fraction of sp³-hybridized carbons (Fsp3) is 0.556. The first-order valence-corrected chi connectivity index (χ1v) is 4.66. The number of aliphatic hydroxyl groups excluding tert-OH is 1. The maximum Gasteiger partial charge on any atom is 0.401 e. The Bertz CT molecular complexity index is 305. The molecule has 0 spiro atoms. The van der Waals surface area contributed by atoms with Gasteiger partial charge in [0.2, 0.25) is 0 Å². The number of hydrogen-bond donors (Lipinski definition) is 1. The summed E-state index contributed by atoms with van der Waals surface area (Å²) in [7, 11) is 0. The molecular formula is C9H12F3N3O. The Hall–Kier alpha value is -1.21. The summed E-state index contributed by atoms with van der Waals surface area (Å²) in [6, 6.07) is 0. The number of hydrogen-bond acceptors (Lipinski definition) is 4. The van der Waals surface area contributed by atoms with Gasteiger partial charge in [-0.05, 0) is 0 Å². The molecule has 0 aromatic carbocycles. The van der Waals surface area contributed by atoms with E-state index in [4.69, 9.17) is 5.11 Å². The summed E-state index contributed by atoms with van der Waals surface area (Å²) in [5.74, 6) is 0. The summed E-state index contributed by atoms with van der Waals surface area (Å²) in [6.07, 6.45) is -0.0121. The molecule has 0 unspecified atom stereocenters. The molecule has 0 bridgehead atoms. The minimum atomic E-state index is -4.28. The summed E-state index contributed by atoms with van der Waals surface area (Å²) < 4.78 is 36.5. The van der Waals surface area contributed by atoms with Crippen LogP contribution in [-0.4, -0.2) is 45.8 Å². The van der Waals surface area contributed by atoms with Crippen molar-refractivity contribution in [1.82, 2.24) is 14.9 Å². The van der Waals surface area contributed by atoms with Crippen LogP contribution in [0.1, 0.15) is 5.69 Å². The molecule has 1 aromatic heterocycles. The third-order valence-electron chi connectivity index (χ3n) is 1.82. The molecule has 1 aromatic rings. The second-order valence-corrected chi connectivity index (χ2v) is 3.25. The van der Waals surface area contributed by atoms with Gasteiger partial charge in [-0.3, -0.25) is 14.9 Å². The monoisotopic (exact) mass is 235 g/mol. The van der Waals surface area contributed by atoms with Crippen LogP contribution in [0.15, 0.2) is 18.6 Å². The molecule has 0 saturated carbocycles. The van der Waals surface area contributed by atoms with Crippen LogP contribution in [0, 0.1) is 0 Å². The van der Waals surface area contributed by atoms with Crippen molar-refractivity contribution < 1.29 is 18.3 Å². The fourth-order valence-corrected chi connectivity index (χ4v) is 1.25. The quantitative estimate of drug-likeness (QED) is 0.821. The van der Waals surface area contributed by atoms with Crippen LogP contribution >= 0.6 is 0 Å². The Morgan fingerprint density at radius 3 is 2.56 bits per heavy atom. The number of aromatic nitrogens is 2. The number of alkyl halides is 3. The highest BCUT2D eigenvalue weighted by Gasteiger charge is 2.30. The summed E-state index contributed by atoms with van der Waals surface area (Å²) >= 11 is 0. The van der Waals surface area contributed by atoms with Crippen LogP contribution in [-0.2, 0) is 6.54 Å². The Kier molecular flexibility index (Phi) is 4.63. The Morgan fingerprint density at radius 2 is 2.06 bits per heavy atom. The summed E-state index contributed by atoms with van der Waals surface area (Å²) in [5, 5.41) is 8.67. The average molecular weight is 235 g/mol. The van der Waals surface area contributed by atoms with Gasteiger partial charge >= 0.3 is 6.18 Å². The highest BCUT2D eigenvalue weighted by atomic mass is 19.4. The van der Waals surface area contributed by atoms with Crippen LogP contribution in [0.5, 0.6) is 0 Å². The molecule has 0 saturated heterocycles. The van der Waals surface area contributed by atoms with Gasteiger partial charge in [-0.1, -0.05) is 0 Å².